The quantitative estimate of drug-likeness (QED) is 0.493. The highest BCUT2D eigenvalue weighted by Gasteiger charge is 2.15. The molecule has 0 fully saturated rings. The lowest BCUT2D eigenvalue weighted by molar-refractivity contribution is 0.473. The highest BCUT2D eigenvalue weighted by atomic mass is 15.3. The van der Waals surface area contributed by atoms with Crippen molar-refractivity contribution in [2.45, 2.75) is 39.8 Å². The van der Waals surface area contributed by atoms with Crippen LogP contribution >= 0.6 is 0 Å². The number of nitrogens with zero attached hydrogens (tertiary/aromatic N) is 7. The number of guanidine groups is 1. The molecule has 3 rings (SSSR count). The molecule has 8 nitrogen and oxygen atoms in total. The van der Waals surface area contributed by atoms with Crippen LogP contribution in [0.4, 0.5) is 0 Å². The van der Waals surface area contributed by atoms with Crippen molar-refractivity contribution in [1.82, 2.24) is 34.8 Å². The number of aliphatic imine (C=N–C) groups is 1. The summed E-state index contributed by atoms with van der Waals surface area (Å²) >= 11 is 0. The Bertz CT molecular complexity index is 940. The predicted octanol–water partition coefficient (Wildman–Crippen LogP) is 2.72. The van der Waals surface area contributed by atoms with E-state index in [4.69, 9.17) is 4.99 Å². The molecule has 3 aromatic rings. The number of nitrogens with one attached hydrogen (secondary N) is 1. The van der Waals surface area contributed by atoms with E-state index in [0.29, 0.717) is 12.5 Å². The molecule has 3 aromatic heterocycles. The number of aryl methyl sites for hydroxylation is 1. The maximum Gasteiger partial charge on any atom is 0.194 e. The Labute approximate surface area is 172 Å². The number of hydrogen-bond donors (Lipinski definition) is 1. The maximum absolute atomic E-state index is 4.83. The van der Waals surface area contributed by atoms with Crippen LogP contribution in [0.15, 0.2) is 48.0 Å². The fraction of sp³-hybridized carbons (Fsp3) is 0.429. The van der Waals surface area contributed by atoms with E-state index in [0.717, 1.165) is 36.1 Å². The van der Waals surface area contributed by atoms with Gasteiger partial charge in [0.05, 0.1) is 12.2 Å². The van der Waals surface area contributed by atoms with Crippen LogP contribution in [-0.4, -0.2) is 49.0 Å². The number of pyridine rings is 1. The Morgan fingerprint density at radius 3 is 2.83 bits per heavy atom. The number of aromatic nitrogens is 5. The van der Waals surface area contributed by atoms with Crippen LogP contribution in [0.3, 0.4) is 0 Å². The topological polar surface area (TPSA) is 76.2 Å². The Hall–Kier alpha value is -3.16. The number of hydrogen-bond acceptors (Lipinski definition) is 4. The van der Waals surface area contributed by atoms with Crippen molar-refractivity contribution in [2.75, 3.05) is 13.6 Å². The minimum Gasteiger partial charge on any atom is -0.357 e. The van der Waals surface area contributed by atoms with Crippen molar-refractivity contribution >= 4 is 5.96 Å². The second-order valence-corrected chi connectivity index (χ2v) is 7.37. The van der Waals surface area contributed by atoms with Gasteiger partial charge >= 0.3 is 0 Å². The summed E-state index contributed by atoms with van der Waals surface area (Å²) in [6.45, 7) is 8.55. The van der Waals surface area contributed by atoms with E-state index in [1.54, 1.807) is 17.1 Å². The van der Waals surface area contributed by atoms with Gasteiger partial charge in [0.1, 0.15) is 0 Å². The third-order valence-corrected chi connectivity index (χ3v) is 4.55. The Morgan fingerprint density at radius 2 is 2.14 bits per heavy atom. The molecule has 0 saturated carbocycles. The molecular formula is C21H30N8. The first-order valence-electron chi connectivity index (χ1n) is 9.94. The molecule has 0 amide bonds. The van der Waals surface area contributed by atoms with E-state index in [9.17, 15) is 0 Å². The first kappa shape index (κ1) is 20.6. The van der Waals surface area contributed by atoms with Gasteiger partial charge in [0.2, 0.25) is 0 Å². The first-order valence-corrected chi connectivity index (χ1v) is 9.94. The summed E-state index contributed by atoms with van der Waals surface area (Å²) in [6, 6.07) is 5.88. The van der Waals surface area contributed by atoms with Crippen LogP contribution in [0.25, 0.3) is 5.82 Å². The highest BCUT2D eigenvalue weighted by molar-refractivity contribution is 5.79. The van der Waals surface area contributed by atoms with Crippen LogP contribution in [-0.2, 0) is 20.1 Å². The van der Waals surface area contributed by atoms with E-state index in [2.05, 4.69) is 59.4 Å². The van der Waals surface area contributed by atoms with E-state index in [1.165, 1.54) is 5.56 Å². The molecule has 0 unspecified atom stereocenters. The van der Waals surface area contributed by atoms with Crippen LogP contribution in [0, 0.1) is 0 Å². The molecule has 0 spiro atoms. The zero-order valence-electron chi connectivity index (χ0n) is 17.9. The standard InChI is InChI=1S/C21H30N8/c1-6-22-21(27(4)14-18-15-28(5)26-20(18)16(2)3)24-13-17-8-10-23-19(12-17)29-11-7-9-25-29/h7-12,15-16H,6,13-14H2,1-5H3,(H,22,24). The smallest absolute Gasteiger partial charge is 0.194 e. The lowest BCUT2D eigenvalue weighted by Crippen LogP contribution is -2.38. The fourth-order valence-corrected chi connectivity index (χ4v) is 3.22. The van der Waals surface area contributed by atoms with Gasteiger partial charge in [0.15, 0.2) is 11.8 Å². The molecule has 0 radical (unpaired) electrons. The van der Waals surface area contributed by atoms with Gasteiger partial charge in [-0.2, -0.15) is 10.2 Å². The summed E-state index contributed by atoms with van der Waals surface area (Å²) in [4.78, 5) is 11.4. The van der Waals surface area contributed by atoms with E-state index < -0.39 is 0 Å². The van der Waals surface area contributed by atoms with Crippen LogP contribution in [0.2, 0.25) is 0 Å². The summed E-state index contributed by atoms with van der Waals surface area (Å²) in [7, 11) is 4.02. The molecule has 154 valence electrons. The molecule has 0 bridgehead atoms. The van der Waals surface area contributed by atoms with Crippen molar-refractivity contribution in [3.05, 3.63) is 59.8 Å². The summed E-state index contributed by atoms with van der Waals surface area (Å²) in [5.74, 6) is 2.04. The zero-order valence-corrected chi connectivity index (χ0v) is 17.9. The second kappa shape index (κ2) is 9.36. The third kappa shape index (κ3) is 5.22. The normalized spacial score (nSPS) is 11.9. The average molecular weight is 395 g/mol. The summed E-state index contributed by atoms with van der Waals surface area (Å²) in [6.07, 6.45) is 7.51. The second-order valence-electron chi connectivity index (χ2n) is 7.37. The Kier molecular flexibility index (Phi) is 6.64. The predicted molar refractivity (Wildman–Crippen MR) is 115 cm³/mol. The van der Waals surface area contributed by atoms with Crippen molar-refractivity contribution in [3.8, 4) is 5.82 Å². The molecule has 29 heavy (non-hydrogen) atoms. The lowest BCUT2D eigenvalue weighted by Gasteiger charge is -2.22. The molecule has 0 aliphatic rings. The van der Waals surface area contributed by atoms with Crippen LogP contribution < -0.4 is 5.32 Å². The van der Waals surface area contributed by atoms with Gasteiger partial charge in [-0.05, 0) is 36.6 Å². The van der Waals surface area contributed by atoms with E-state index >= 15 is 0 Å². The Balaban J connectivity index is 1.75. The molecule has 0 aromatic carbocycles. The lowest BCUT2D eigenvalue weighted by atomic mass is 10.1. The maximum atomic E-state index is 4.83. The minimum atomic E-state index is 0.386. The van der Waals surface area contributed by atoms with E-state index in [1.807, 2.05) is 36.1 Å². The van der Waals surface area contributed by atoms with Gasteiger partial charge < -0.3 is 10.2 Å². The van der Waals surface area contributed by atoms with Crippen LogP contribution in [0.1, 0.15) is 43.5 Å². The van der Waals surface area contributed by atoms with Crippen molar-refractivity contribution in [2.24, 2.45) is 12.0 Å². The van der Waals surface area contributed by atoms with E-state index in [-0.39, 0.29) is 0 Å². The van der Waals surface area contributed by atoms with Gasteiger partial charge in [0, 0.05) is 57.5 Å². The Morgan fingerprint density at radius 1 is 1.31 bits per heavy atom. The molecule has 8 heteroatoms. The average Bonchev–Trinajstić information content (AvgIpc) is 3.35. The monoisotopic (exact) mass is 394 g/mol. The van der Waals surface area contributed by atoms with Crippen molar-refractivity contribution in [3.63, 3.8) is 0 Å². The minimum absolute atomic E-state index is 0.386. The molecule has 0 aliphatic heterocycles. The van der Waals surface area contributed by atoms with Gasteiger partial charge in [-0.15, -0.1) is 0 Å². The molecule has 0 saturated heterocycles. The summed E-state index contributed by atoms with van der Waals surface area (Å²) in [5.41, 5.74) is 3.44. The van der Waals surface area contributed by atoms with Crippen molar-refractivity contribution < 1.29 is 0 Å². The van der Waals surface area contributed by atoms with Gasteiger partial charge in [-0.25, -0.2) is 14.7 Å². The summed E-state index contributed by atoms with van der Waals surface area (Å²) < 4.78 is 3.64. The molecule has 0 aliphatic carbocycles. The SMILES string of the molecule is CCNC(=NCc1ccnc(-n2cccn2)c1)N(C)Cc1cn(C)nc1C(C)C. The molecule has 0 atom stereocenters. The first-order chi connectivity index (χ1) is 14.0. The molecule has 1 N–H and O–H groups in total. The summed E-state index contributed by atoms with van der Waals surface area (Å²) in [5, 5.41) is 12.2. The van der Waals surface area contributed by atoms with Gasteiger partial charge in [0.25, 0.3) is 0 Å². The third-order valence-electron chi connectivity index (χ3n) is 4.55. The zero-order chi connectivity index (χ0) is 20.8. The fourth-order valence-electron chi connectivity index (χ4n) is 3.22. The molecule has 3 heterocycles. The number of rotatable bonds is 7. The van der Waals surface area contributed by atoms with Gasteiger partial charge in [-0.1, -0.05) is 13.8 Å². The molecular weight excluding hydrogens is 364 g/mol. The highest BCUT2D eigenvalue weighted by Crippen LogP contribution is 2.18. The van der Waals surface area contributed by atoms with Crippen LogP contribution in [0.5, 0.6) is 0 Å². The largest absolute Gasteiger partial charge is 0.357 e. The van der Waals surface area contributed by atoms with Gasteiger partial charge in [-0.3, -0.25) is 4.68 Å². The van der Waals surface area contributed by atoms with Crippen molar-refractivity contribution in [1.29, 1.82) is 0 Å².